The van der Waals surface area contributed by atoms with Crippen LogP contribution in [0.4, 0.5) is 0 Å². The van der Waals surface area contributed by atoms with Crippen molar-refractivity contribution in [2.45, 2.75) is 39.5 Å². The summed E-state index contributed by atoms with van der Waals surface area (Å²) in [5.41, 5.74) is 2.43. The molecular weight excluding hydrogens is 451 g/mol. The third-order valence-corrected chi connectivity index (χ3v) is 4.99. The molecule has 0 spiro atoms. The average Bonchev–Trinajstić information content (AvgIpc) is 2.73. The first-order chi connectivity index (χ1) is 14.3. The van der Waals surface area contributed by atoms with Gasteiger partial charge in [-0.05, 0) is 43.4 Å². The van der Waals surface area contributed by atoms with Gasteiger partial charge in [-0.25, -0.2) is 0 Å². The third-order valence-electron chi connectivity index (χ3n) is 4.99. The SMILES string of the molecule is CCOC(=O)[C@@](C)(CCNC(=O)CCC(=O)O)Cc1ccc(-c2ccccc2)cc1.[H-].[H-].[H-].[Na+].[Na+].[Na+]. The van der Waals surface area contributed by atoms with Gasteiger partial charge in [0.25, 0.3) is 0 Å². The van der Waals surface area contributed by atoms with E-state index in [4.69, 9.17) is 9.84 Å². The smallest absolute Gasteiger partial charge is 1.00 e. The minimum atomic E-state index is -1.01. The van der Waals surface area contributed by atoms with E-state index >= 15 is 0 Å². The maximum absolute atomic E-state index is 12.6. The van der Waals surface area contributed by atoms with E-state index in [2.05, 4.69) is 5.32 Å². The number of nitrogens with one attached hydrogen (secondary N) is 1. The first-order valence-electron chi connectivity index (χ1n) is 10.1. The van der Waals surface area contributed by atoms with Crippen LogP contribution in [0, 0.1) is 5.41 Å². The molecule has 1 atom stereocenters. The summed E-state index contributed by atoms with van der Waals surface area (Å²) in [6.07, 6.45) is 0.581. The molecule has 0 unspecified atom stereocenters. The predicted octanol–water partition coefficient (Wildman–Crippen LogP) is -4.81. The van der Waals surface area contributed by atoms with Gasteiger partial charge in [0, 0.05) is 13.0 Å². The fourth-order valence-corrected chi connectivity index (χ4v) is 3.25. The summed E-state index contributed by atoms with van der Waals surface area (Å²) in [6.45, 7) is 4.16. The minimum absolute atomic E-state index is 0. The van der Waals surface area contributed by atoms with Gasteiger partial charge in [0.1, 0.15) is 0 Å². The molecule has 9 heteroatoms. The Morgan fingerprint density at radius 3 is 2.06 bits per heavy atom. The molecule has 0 saturated heterocycles. The Morgan fingerprint density at radius 1 is 0.939 bits per heavy atom. The second-order valence-corrected chi connectivity index (χ2v) is 7.51. The zero-order valence-electron chi connectivity index (χ0n) is 23.5. The summed E-state index contributed by atoms with van der Waals surface area (Å²) in [4.78, 5) is 35.0. The van der Waals surface area contributed by atoms with Crippen molar-refractivity contribution in [1.82, 2.24) is 5.32 Å². The Hall–Kier alpha value is -0.150. The summed E-state index contributed by atoms with van der Waals surface area (Å²) >= 11 is 0. The van der Waals surface area contributed by atoms with Crippen LogP contribution in [0.25, 0.3) is 11.1 Å². The number of aliphatic carboxylic acids is 1. The Labute approximate surface area is 267 Å². The van der Waals surface area contributed by atoms with Crippen LogP contribution < -0.4 is 94.0 Å². The number of rotatable bonds is 11. The maximum atomic E-state index is 12.6. The second kappa shape index (κ2) is 18.2. The molecule has 6 nitrogen and oxygen atoms in total. The third kappa shape index (κ3) is 12.4. The van der Waals surface area contributed by atoms with Gasteiger partial charge >= 0.3 is 101 Å². The molecule has 166 valence electrons. The molecule has 0 aromatic heterocycles. The molecule has 2 aromatic carbocycles. The topological polar surface area (TPSA) is 92.7 Å². The van der Waals surface area contributed by atoms with Gasteiger partial charge in [0.15, 0.2) is 0 Å². The molecule has 0 heterocycles. The van der Waals surface area contributed by atoms with E-state index in [0.717, 1.165) is 16.7 Å². The van der Waals surface area contributed by atoms with Crippen molar-refractivity contribution in [2.24, 2.45) is 5.41 Å². The van der Waals surface area contributed by atoms with Gasteiger partial charge in [0.05, 0.1) is 18.4 Å². The number of carboxylic acid groups (broad SMARTS) is 1. The fraction of sp³-hybridized carbons (Fsp3) is 0.375. The second-order valence-electron chi connectivity index (χ2n) is 7.51. The summed E-state index contributed by atoms with van der Waals surface area (Å²) in [5, 5.41) is 11.4. The number of amides is 1. The molecule has 0 aliphatic heterocycles. The van der Waals surface area contributed by atoms with E-state index in [1.54, 1.807) is 6.92 Å². The molecule has 0 saturated carbocycles. The van der Waals surface area contributed by atoms with Crippen molar-refractivity contribution in [3.63, 3.8) is 0 Å². The number of esters is 1. The van der Waals surface area contributed by atoms with E-state index in [1.165, 1.54) is 0 Å². The van der Waals surface area contributed by atoms with E-state index in [0.29, 0.717) is 12.8 Å². The number of carboxylic acids is 1. The summed E-state index contributed by atoms with van der Waals surface area (Å²) < 4.78 is 5.28. The summed E-state index contributed by atoms with van der Waals surface area (Å²) in [7, 11) is 0. The Kier molecular flexibility index (Phi) is 19.3. The van der Waals surface area contributed by atoms with E-state index in [1.807, 2.05) is 61.5 Å². The molecule has 0 aliphatic rings. The fourth-order valence-electron chi connectivity index (χ4n) is 3.25. The van der Waals surface area contributed by atoms with Crippen LogP contribution in [0.1, 0.15) is 43.0 Å². The van der Waals surface area contributed by atoms with Crippen molar-refractivity contribution in [3.8, 4) is 11.1 Å². The number of benzene rings is 2. The molecular formula is C24H32NNa3O5. The molecule has 2 rings (SSSR count). The number of hydrogen-bond acceptors (Lipinski definition) is 4. The average molecular weight is 483 g/mol. The van der Waals surface area contributed by atoms with E-state index in [9.17, 15) is 14.4 Å². The van der Waals surface area contributed by atoms with Crippen molar-refractivity contribution < 1.29 is 117 Å². The van der Waals surface area contributed by atoms with Crippen LogP contribution in [-0.4, -0.2) is 36.1 Å². The van der Waals surface area contributed by atoms with Crippen LogP contribution in [0.3, 0.4) is 0 Å². The van der Waals surface area contributed by atoms with Crippen LogP contribution in [0.5, 0.6) is 0 Å². The Balaban J connectivity index is -0.000000534. The minimum Gasteiger partial charge on any atom is -1.00 e. The first kappa shape index (κ1) is 35.0. The molecule has 2 aromatic rings. The molecule has 0 aliphatic carbocycles. The zero-order valence-corrected chi connectivity index (χ0v) is 26.5. The van der Waals surface area contributed by atoms with Crippen molar-refractivity contribution in [1.29, 1.82) is 0 Å². The van der Waals surface area contributed by atoms with Gasteiger partial charge < -0.3 is 19.4 Å². The number of ether oxygens (including phenoxy) is 1. The largest absolute Gasteiger partial charge is 1.00 e. The maximum Gasteiger partial charge on any atom is 1.00 e. The number of carbonyl (C=O) groups is 3. The van der Waals surface area contributed by atoms with Gasteiger partial charge in [0.2, 0.25) is 5.91 Å². The zero-order chi connectivity index (χ0) is 22.0. The van der Waals surface area contributed by atoms with Crippen molar-refractivity contribution >= 4 is 17.8 Å². The molecule has 0 radical (unpaired) electrons. The Morgan fingerprint density at radius 2 is 1.52 bits per heavy atom. The standard InChI is InChI=1S/C24H29NO5.3Na.3H/c1-3-30-23(29)24(2,15-16-25-21(26)13-14-22(27)28)17-18-9-11-20(12-10-18)19-7-5-4-6-8-19;;;;;;/h4-12H,3,13-17H2,1-2H3,(H,25,26)(H,27,28);;;;;;/q;3*+1;3*-1/t24-;;;;;;/m0....../s1. The van der Waals surface area contributed by atoms with Crippen LogP contribution in [0.15, 0.2) is 54.6 Å². The van der Waals surface area contributed by atoms with Crippen molar-refractivity contribution in [3.05, 3.63) is 60.2 Å². The molecule has 0 fully saturated rings. The predicted molar refractivity (Wildman–Crippen MR) is 118 cm³/mol. The summed E-state index contributed by atoms with van der Waals surface area (Å²) in [6, 6.07) is 18.1. The normalized spacial score (nSPS) is 11.5. The monoisotopic (exact) mass is 483 g/mol. The van der Waals surface area contributed by atoms with Gasteiger partial charge in [-0.3, -0.25) is 14.4 Å². The van der Waals surface area contributed by atoms with Gasteiger partial charge in [-0.1, -0.05) is 54.6 Å². The number of carbonyl (C=O) groups excluding carboxylic acids is 2. The molecule has 33 heavy (non-hydrogen) atoms. The van der Waals surface area contributed by atoms with Crippen LogP contribution in [0.2, 0.25) is 0 Å². The van der Waals surface area contributed by atoms with Gasteiger partial charge in [-0.2, -0.15) is 0 Å². The molecule has 1 amide bonds. The van der Waals surface area contributed by atoms with Crippen LogP contribution in [-0.2, 0) is 25.5 Å². The quantitative estimate of drug-likeness (QED) is 0.247. The van der Waals surface area contributed by atoms with Crippen LogP contribution >= 0.6 is 0 Å². The van der Waals surface area contributed by atoms with Crippen molar-refractivity contribution in [2.75, 3.05) is 13.2 Å². The molecule has 0 bridgehead atoms. The van der Waals surface area contributed by atoms with E-state index < -0.39 is 11.4 Å². The molecule has 2 N–H and O–H groups in total. The Bertz CT molecular complexity index is 877. The van der Waals surface area contributed by atoms with Gasteiger partial charge in [-0.15, -0.1) is 0 Å². The first-order valence-corrected chi connectivity index (χ1v) is 10.1. The van der Waals surface area contributed by atoms with E-state index in [-0.39, 0.29) is 131 Å². The summed E-state index contributed by atoms with van der Waals surface area (Å²) in [5.74, 6) is -1.66. The number of hydrogen-bond donors (Lipinski definition) is 2.